The van der Waals surface area contributed by atoms with E-state index >= 15 is 0 Å². The van der Waals surface area contributed by atoms with Crippen molar-refractivity contribution in [3.05, 3.63) is 28.2 Å². The van der Waals surface area contributed by atoms with E-state index in [4.69, 9.17) is 32.7 Å². The topological polar surface area (TPSA) is 52.6 Å². The molecule has 0 saturated heterocycles. The van der Waals surface area contributed by atoms with Crippen LogP contribution in [-0.2, 0) is 14.3 Å². The molecule has 23 heavy (non-hydrogen) atoms. The van der Waals surface area contributed by atoms with Crippen LogP contribution in [0, 0.1) is 11.3 Å². The van der Waals surface area contributed by atoms with E-state index in [1.807, 2.05) is 13.8 Å². The van der Waals surface area contributed by atoms with Crippen LogP contribution < -0.4 is 4.74 Å². The second-order valence-electron chi connectivity index (χ2n) is 5.72. The van der Waals surface area contributed by atoms with E-state index in [-0.39, 0.29) is 41.2 Å². The monoisotopic (exact) mass is 360 g/mol. The maximum absolute atomic E-state index is 12.6. The molecule has 0 bridgehead atoms. The van der Waals surface area contributed by atoms with Crippen LogP contribution in [0.25, 0.3) is 0 Å². The molecule has 0 fully saturated rings. The van der Waals surface area contributed by atoms with Crippen molar-refractivity contribution in [1.82, 2.24) is 0 Å². The number of carbonyl (C=O) groups excluding carboxylic acids is 2. The lowest BCUT2D eigenvalue weighted by Gasteiger charge is -2.27. The molecule has 0 aliphatic carbocycles. The Bertz CT molecular complexity index is 566. The molecule has 0 heterocycles. The maximum atomic E-state index is 12.6. The first kappa shape index (κ1) is 19.8. The smallest absolute Gasteiger partial charge is 0.328 e. The Labute approximate surface area is 147 Å². The van der Waals surface area contributed by atoms with E-state index < -0.39 is 17.4 Å². The molecule has 0 atom stereocenters. The lowest BCUT2D eigenvalue weighted by atomic mass is 9.82. The van der Waals surface area contributed by atoms with Crippen LogP contribution in [0.15, 0.2) is 18.2 Å². The summed E-state index contributed by atoms with van der Waals surface area (Å²) in [6.07, 6.45) is 0.550. The molecule has 0 amide bonds. The highest BCUT2D eigenvalue weighted by atomic mass is 35.5. The molecular formula is C17H22Cl2O4. The lowest BCUT2D eigenvalue weighted by Crippen LogP contribution is -2.43. The predicted octanol–water partition coefficient (Wildman–Crippen LogP) is 4.90. The maximum Gasteiger partial charge on any atom is 0.328 e. The lowest BCUT2D eigenvalue weighted by molar-refractivity contribution is -0.168. The SMILES string of the molecule is CCC(CC)(C(=O)OCC(C)C)C(=O)Oc1cccc(Cl)c1Cl. The Balaban J connectivity index is 3.02. The van der Waals surface area contributed by atoms with E-state index in [1.165, 1.54) is 6.07 Å². The van der Waals surface area contributed by atoms with Gasteiger partial charge in [0.25, 0.3) is 0 Å². The highest BCUT2D eigenvalue weighted by Gasteiger charge is 2.46. The Morgan fingerprint density at radius 1 is 1.13 bits per heavy atom. The van der Waals surface area contributed by atoms with Gasteiger partial charge in [-0.15, -0.1) is 0 Å². The third-order valence-electron chi connectivity index (χ3n) is 3.66. The summed E-state index contributed by atoms with van der Waals surface area (Å²) >= 11 is 11.9. The van der Waals surface area contributed by atoms with Gasteiger partial charge in [0.15, 0.2) is 11.2 Å². The van der Waals surface area contributed by atoms with Crippen molar-refractivity contribution >= 4 is 35.1 Å². The number of esters is 2. The van der Waals surface area contributed by atoms with Gasteiger partial charge in [0, 0.05) is 0 Å². The summed E-state index contributed by atoms with van der Waals surface area (Å²) in [5, 5.41) is 0.414. The normalized spacial score (nSPS) is 11.4. The van der Waals surface area contributed by atoms with Gasteiger partial charge < -0.3 is 9.47 Å². The molecule has 128 valence electrons. The number of carbonyl (C=O) groups is 2. The molecule has 0 spiro atoms. The second-order valence-corrected chi connectivity index (χ2v) is 6.51. The molecule has 0 aromatic heterocycles. The molecule has 0 aliphatic heterocycles. The number of hydrogen-bond donors (Lipinski definition) is 0. The fourth-order valence-electron chi connectivity index (χ4n) is 2.05. The Hall–Kier alpha value is -1.26. The number of hydrogen-bond acceptors (Lipinski definition) is 4. The van der Waals surface area contributed by atoms with Crippen LogP contribution in [0.2, 0.25) is 10.0 Å². The zero-order valence-electron chi connectivity index (χ0n) is 13.8. The zero-order chi connectivity index (χ0) is 17.6. The van der Waals surface area contributed by atoms with Crippen LogP contribution in [0.3, 0.4) is 0 Å². The van der Waals surface area contributed by atoms with Gasteiger partial charge in [-0.3, -0.25) is 9.59 Å². The fraction of sp³-hybridized carbons (Fsp3) is 0.529. The summed E-state index contributed by atoms with van der Waals surface area (Å²) in [5.41, 5.74) is -1.35. The molecule has 0 saturated carbocycles. The van der Waals surface area contributed by atoms with Gasteiger partial charge in [-0.1, -0.05) is 57.0 Å². The van der Waals surface area contributed by atoms with Gasteiger partial charge in [-0.25, -0.2) is 0 Å². The number of benzene rings is 1. The van der Waals surface area contributed by atoms with Gasteiger partial charge in [0.05, 0.1) is 11.6 Å². The van der Waals surface area contributed by atoms with Gasteiger partial charge in [0.1, 0.15) is 5.02 Å². The minimum Gasteiger partial charge on any atom is -0.465 e. The van der Waals surface area contributed by atoms with Crippen LogP contribution >= 0.6 is 23.2 Å². The van der Waals surface area contributed by atoms with Crippen molar-refractivity contribution < 1.29 is 19.1 Å². The van der Waals surface area contributed by atoms with Gasteiger partial charge in [0.2, 0.25) is 0 Å². The highest BCUT2D eigenvalue weighted by molar-refractivity contribution is 6.43. The molecule has 0 radical (unpaired) electrons. The minimum absolute atomic E-state index is 0.132. The van der Waals surface area contributed by atoms with Gasteiger partial charge in [-0.2, -0.15) is 0 Å². The van der Waals surface area contributed by atoms with Crippen molar-refractivity contribution in [2.75, 3.05) is 6.61 Å². The molecule has 1 aromatic rings. The summed E-state index contributed by atoms with van der Waals surface area (Å²) in [5.74, 6) is -0.935. The zero-order valence-corrected chi connectivity index (χ0v) is 15.3. The second kappa shape index (κ2) is 8.55. The third kappa shape index (κ3) is 4.61. The number of rotatable bonds is 7. The largest absolute Gasteiger partial charge is 0.465 e. The average molecular weight is 361 g/mol. The minimum atomic E-state index is -1.35. The van der Waals surface area contributed by atoms with E-state index in [2.05, 4.69) is 0 Å². The van der Waals surface area contributed by atoms with Crippen molar-refractivity contribution in [2.45, 2.75) is 40.5 Å². The van der Waals surface area contributed by atoms with Crippen molar-refractivity contribution in [2.24, 2.45) is 11.3 Å². The molecule has 0 aliphatic rings. The first-order valence-electron chi connectivity index (χ1n) is 7.62. The average Bonchev–Trinajstić information content (AvgIpc) is 2.51. The number of ether oxygens (including phenoxy) is 2. The molecule has 0 N–H and O–H groups in total. The quantitative estimate of drug-likeness (QED) is 0.394. The standard InChI is InChI=1S/C17H22Cl2O4/c1-5-17(6-2,15(20)22-10-11(3)4)16(21)23-13-9-7-8-12(18)14(13)19/h7-9,11H,5-6,10H2,1-4H3. The summed E-state index contributed by atoms with van der Waals surface area (Å²) in [7, 11) is 0. The first-order valence-corrected chi connectivity index (χ1v) is 8.37. The summed E-state index contributed by atoms with van der Waals surface area (Å²) in [4.78, 5) is 25.1. The van der Waals surface area contributed by atoms with Crippen LogP contribution in [0.5, 0.6) is 5.75 Å². The molecule has 6 heteroatoms. The highest BCUT2D eigenvalue weighted by Crippen LogP contribution is 2.35. The van der Waals surface area contributed by atoms with Crippen molar-refractivity contribution in [1.29, 1.82) is 0 Å². The Morgan fingerprint density at radius 3 is 2.26 bits per heavy atom. The Kier molecular flexibility index (Phi) is 7.36. The predicted molar refractivity (Wildman–Crippen MR) is 90.9 cm³/mol. The van der Waals surface area contributed by atoms with Gasteiger partial charge >= 0.3 is 11.9 Å². The summed E-state index contributed by atoms with van der Waals surface area (Å²) in [6.45, 7) is 7.61. The summed E-state index contributed by atoms with van der Waals surface area (Å²) < 4.78 is 10.6. The molecule has 4 nitrogen and oxygen atoms in total. The molecule has 1 aromatic carbocycles. The van der Waals surface area contributed by atoms with E-state index in [9.17, 15) is 9.59 Å². The van der Waals surface area contributed by atoms with Gasteiger partial charge in [-0.05, 0) is 30.9 Å². The van der Waals surface area contributed by atoms with Crippen LogP contribution in [0.4, 0.5) is 0 Å². The molecular weight excluding hydrogens is 339 g/mol. The van der Waals surface area contributed by atoms with E-state index in [0.717, 1.165) is 0 Å². The molecule has 1 rings (SSSR count). The Morgan fingerprint density at radius 2 is 1.74 bits per heavy atom. The molecule has 0 unspecified atom stereocenters. The fourth-order valence-corrected chi connectivity index (χ4v) is 2.38. The van der Waals surface area contributed by atoms with Crippen LogP contribution in [0.1, 0.15) is 40.5 Å². The van der Waals surface area contributed by atoms with Crippen molar-refractivity contribution in [3.63, 3.8) is 0 Å². The number of halogens is 2. The first-order chi connectivity index (χ1) is 10.8. The van der Waals surface area contributed by atoms with E-state index in [1.54, 1.807) is 26.0 Å². The van der Waals surface area contributed by atoms with Crippen molar-refractivity contribution in [3.8, 4) is 5.75 Å². The van der Waals surface area contributed by atoms with Crippen LogP contribution in [-0.4, -0.2) is 18.5 Å². The van der Waals surface area contributed by atoms with E-state index in [0.29, 0.717) is 0 Å². The summed E-state index contributed by atoms with van der Waals surface area (Å²) in [6, 6.07) is 4.74. The third-order valence-corrected chi connectivity index (χ3v) is 4.46.